The van der Waals surface area contributed by atoms with Crippen LogP contribution < -0.4 is 0 Å². The molecular formula is C20H26O2S2. The molecular weight excluding hydrogens is 336 g/mol. The molecule has 0 fully saturated rings. The van der Waals surface area contributed by atoms with Crippen molar-refractivity contribution in [2.75, 3.05) is 0 Å². The summed E-state index contributed by atoms with van der Waals surface area (Å²) in [5.41, 5.74) is 0. The Balaban J connectivity index is 1.75. The molecule has 0 spiro atoms. The smallest absolute Gasteiger partial charge is 0.0810 e. The first-order chi connectivity index (χ1) is 11.5. The molecule has 0 radical (unpaired) electrons. The molecule has 4 atom stereocenters. The third-order valence-corrected chi connectivity index (χ3v) is 6.03. The highest BCUT2D eigenvalue weighted by Gasteiger charge is 2.22. The summed E-state index contributed by atoms with van der Waals surface area (Å²) in [6.07, 6.45) is -0.197. The molecule has 0 amide bonds. The highest BCUT2D eigenvalue weighted by atomic mass is 32.2. The molecule has 0 bridgehead atoms. The first kappa shape index (κ1) is 19.4. The molecule has 0 aliphatic carbocycles. The van der Waals surface area contributed by atoms with E-state index >= 15 is 0 Å². The lowest BCUT2D eigenvalue weighted by Crippen LogP contribution is -2.30. The Morgan fingerprint density at radius 3 is 1.33 bits per heavy atom. The maximum atomic E-state index is 10.3. The van der Waals surface area contributed by atoms with Crippen LogP contribution in [0.15, 0.2) is 70.5 Å². The van der Waals surface area contributed by atoms with E-state index in [1.54, 1.807) is 23.5 Å². The van der Waals surface area contributed by atoms with Gasteiger partial charge in [0.1, 0.15) is 0 Å². The number of rotatable bonds is 9. The van der Waals surface area contributed by atoms with Crippen molar-refractivity contribution in [2.45, 2.75) is 59.2 Å². The first-order valence-corrected chi connectivity index (χ1v) is 10.1. The molecule has 130 valence electrons. The SMILES string of the molecule is CC(CC(O)C(O)CC(C)Sc1ccccc1)Sc1ccccc1. The fourth-order valence-corrected chi connectivity index (χ4v) is 4.70. The second-order valence-electron chi connectivity index (χ2n) is 6.09. The molecule has 0 saturated carbocycles. The van der Waals surface area contributed by atoms with Crippen LogP contribution in [0.3, 0.4) is 0 Å². The number of hydrogen-bond donors (Lipinski definition) is 2. The van der Waals surface area contributed by atoms with Crippen LogP contribution in [0, 0.1) is 0 Å². The van der Waals surface area contributed by atoms with Gasteiger partial charge in [0.25, 0.3) is 0 Å². The van der Waals surface area contributed by atoms with Crippen molar-refractivity contribution in [2.24, 2.45) is 0 Å². The van der Waals surface area contributed by atoms with Crippen LogP contribution in [0.5, 0.6) is 0 Å². The lowest BCUT2D eigenvalue weighted by Gasteiger charge is -2.23. The first-order valence-electron chi connectivity index (χ1n) is 8.34. The molecule has 2 N–H and O–H groups in total. The average molecular weight is 363 g/mol. The van der Waals surface area contributed by atoms with E-state index in [0.29, 0.717) is 12.8 Å². The van der Waals surface area contributed by atoms with Crippen LogP contribution in [-0.2, 0) is 0 Å². The van der Waals surface area contributed by atoms with Gasteiger partial charge >= 0.3 is 0 Å². The Hall–Kier alpha value is -0.940. The van der Waals surface area contributed by atoms with Crippen LogP contribution in [0.2, 0.25) is 0 Å². The second kappa shape index (κ2) is 10.1. The molecule has 2 aromatic rings. The third kappa shape index (κ3) is 6.89. The second-order valence-corrected chi connectivity index (χ2v) is 9.11. The Morgan fingerprint density at radius 1 is 0.667 bits per heavy atom. The van der Waals surface area contributed by atoms with E-state index in [1.165, 1.54) is 9.79 Å². The lowest BCUT2D eigenvalue weighted by molar-refractivity contribution is 0.0109. The summed E-state index contributed by atoms with van der Waals surface area (Å²) in [7, 11) is 0. The summed E-state index contributed by atoms with van der Waals surface area (Å²) in [5, 5.41) is 21.1. The van der Waals surface area contributed by atoms with Crippen molar-refractivity contribution in [1.29, 1.82) is 0 Å². The van der Waals surface area contributed by atoms with Gasteiger partial charge in [0.05, 0.1) is 12.2 Å². The van der Waals surface area contributed by atoms with Gasteiger partial charge in [-0.25, -0.2) is 0 Å². The number of aliphatic hydroxyl groups excluding tert-OH is 2. The molecule has 0 aliphatic heterocycles. The highest BCUT2D eigenvalue weighted by Crippen LogP contribution is 2.29. The molecule has 24 heavy (non-hydrogen) atoms. The van der Waals surface area contributed by atoms with Crippen molar-refractivity contribution in [3.63, 3.8) is 0 Å². The van der Waals surface area contributed by atoms with Gasteiger partial charge in [0.15, 0.2) is 0 Å². The van der Waals surface area contributed by atoms with Gasteiger partial charge in [-0.3, -0.25) is 0 Å². The van der Waals surface area contributed by atoms with Crippen molar-refractivity contribution in [1.82, 2.24) is 0 Å². The molecule has 2 aromatic carbocycles. The molecule has 0 aliphatic rings. The van der Waals surface area contributed by atoms with E-state index in [4.69, 9.17) is 0 Å². The average Bonchev–Trinajstić information content (AvgIpc) is 2.56. The van der Waals surface area contributed by atoms with Gasteiger partial charge < -0.3 is 10.2 Å². The summed E-state index contributed by atoms with van der Waals surface area (Å²) < 4.78 is 0. The van der Waals surface area contributed by atoms with Crippen molar-refractivity contribution >= 4 is 23.5 Å². The highest BCUT2D eigenvalue weighted by molar-refractivity contribution is 8.00. The van der Waals surface area contributed by atoms with Gasteiger partial charge in [-0.1, -0.05) is 50.2 Å². The van der Waals surface area contributed by atoms with Gasteiger partial charge in [0, 0.05) is 20.3 Å². The van der Waals surface area contributed by atoms with Crippen molar-refractivity contribution in [3.8, 4) is 0 Å². The number of hydrogen-bond acceptors (Lipinski definition) is 4. The van der Waals surface area contributed by atoms with Gasteiger partial charge in [-0.05, 0) is 37.1 Å². The zero-order valence-corrected chi connectivity index (χ0v) is 15.8. The van der Waals surface area contributed by atoms with Gasteiger partial charge in [-0.2, -0.15) is 0 Å². The fraction of sp³-hybridized carbons (Fsp3) is 0.400. The Kier molecular flexibility index (Phi) is 8.19. The quantitative estimate of drug-likeness (QED) is 0.626. The zero-order chi connectivity index (χ0) is 17.4. The molecule has 2 rings (SSSR count). The van der Waals surface area contributed by atoms with Gasteiger partial charge in [-0.15, -0.1) is 23.5 Å². The predicted molar refractivity (Wildman–Crippen MR) is 105 cm³/mol. The Morgan fingerprint density at radius 2 is 1.00 bits per heavy atom. The van der Waals surface area contributed by atoms with Crippen LogP contribution in [0.4, 0.5) is 0 Å². The van der Waals surface area contributed by atoms with E-state index in [1.807, 2.05) is 36.4 Å². The maximum absolute atomic E-state index is 10.3. The number of aliphatic hydroxyl groups is 2. The minimum Gasteiger partial charge on any atom is -0.390 e. The summed E-state index contributed by atoms with van der Waals surface area (Å²) in [4.78, 5) is 2.39. The standard InChI is InChI=1S/C20H26O2S2/c1-15(23-17-9-5-3-6-10-17)13-19(21)20(22)14-16(2)24-18-11-7-4-8-12-18/h3-12,15-16,19-22H,13-14H2,1-2H3. The summed E-state index contributed by atoms with van der Waals surface area (Å²) >= 11 is 3.47. The van der Waals surface area contributed by atoms with Crippen LogP contribution >= 0.6 is 23.5 Å². The zero-order valence-electron chi connectivity index (χ0n) is 14.2. The van der Waals surface area contributed by atoms with E-state index in [0.717, 1.165) is 0 Å². The predicted octanol–water partition coefficient (Wildman–Crippen LogP) is 4.85. The number of thioether (sulfide) groups is 2. The number of benzene rings is 2. The Labute approximate surface area is 153 Å². The largest absolute Gasteiger partial charge is 0.390 e. The molecule has 0 aromatic heterocycles. The summed E-state index contributed by atoms with van der Waals surface area (Å²) in [5.74, 6) is 0. The van der Waals surface area contributed by atoms with Gasteiger partial charge in [0.2, 0.25) is 0 Å². The summed E-state index contributed by atoms with van der Waals surface area (Å²) in [6.45, 7) is 4.19. The monoisotopic (exact) mass is 362 g/mol. The third-order valence-electron chi connectivity index (χ3n) is 3.75. The molecule has 0 heterocycles. The van der Waals surface area contributed by atoms with Crippen LogP contribution in [0.25, 0.3) is 0 Å². The van der Waals surface area contributed by atoms with Crippen molar-refractivity contribution < 1.29 is 10.2 Å². The topological polar surface area (TPSA) is 40.5 Å². The molecule has 0 saturated heterocycles. The van der Waals surface area contributed by atoms with E-state index in [-0.39, 0.29) is 10.5 Å². The molecule has 2 nitrogen and oxygen atoms in total. The minimum atomic E-state index is -0.685. The fourth-order valence-electron chi connectivity index (χ4n) is 2.55. The molecule has 4 unspecified atom stereocenters. The minimum absolute atomic E-state index is 0.258. The lowest BCUT2D eigenvalue weighted by atomic mass is 10.0. The van der Waals surface area contributed by atoms with Crippen LogP contribution in [-0.4, -0.2) is 32.9 Å². The van der Waals surface area contributed by atoms with E-state index in [9.17, 15) is 10.2 Å². The molecule has 4 heteroatoms. The maximum Gasteiger partial charge on any atom is 0.0810 e. The summed E-state index contributed by atoms with van der Waals surface area (Å²) in [6, 6.07) is 20.4. The Bertz CT molecular complexity index is 523. The normalized spacial score (nSPS) is 16.3. The van der Waals surface area contributed by atoms with E-state index in [2.05, 4.69) is 38.1 Å². The van der Waals surface area contributed by atoms with E-state index < -0.39 is 12.2 Å². The van der Waals surface area contributed by atoms with Crippen molar-refractivity contribution in [3.05, 3.63) is 60.7 Å². The van der Waals surface area contributed by atoms with Crippen LogP contribution in [0.1, 0.15) is 26.7 Å².